The van der Waals surface area contributed by atoms with Crippen LogP contribution in [0, 0.1) is 0 Å². The van der Waals surface area contributed by atoms with Crippen molar-refractivity contribution in [2.45, 2.75) is 12.6 Å². The van der Waals surface area contributed by atoms with Gasteiger partial charge in [0.15, 0.2) is 0 Å². The maximum atomic E-state index is 6.03. The minimum Gasteiger partial charge on any atom is -0.324 e. The second-order valence-electron chi connectivity index (χ2n) is 5.93. The predicted octanol–water partition coefficient (Wildman–Crippen LogP) is 4.47. The van der Waals surface area contributed by atoms with Crippen molar-refractivity contribution in [2.75, 3.05) is 0 Å². The van der Waals surface area contributed by atoms with Crippen LogP contribution in [0.4, 0.5) is 0 Å². The van der Waals surface area contributed by atoms with E-state index in [1.165, 1.54) is 0 Å². The molecule has 130 valence electrons. The first kappa shape index (κ1) is 16.8. The average Bonchev–Trinajstić information content (AvgIpc) is 3.32. The highest BCUT2D eigenvalue weighted by Gasteiger charge is 2.19. The summed E-state index contributed by atoms with van der Waals surface area (Å²) < 4.78 is 3.82. The number of imidazole rings is 1. The first-order valence-corrected chi connectivity index (χ1v) is 8.82. The lowest BCUT2D eigenvalue weighted by molar-refractivity contribution is 0.640. The second-order valence-corrected chi connectivity index (χ2v) is 6.80. The molecule has 7 heteroatoms. The Morgan fingerprint density at radius 2 is 1.62 bits per heavy atom. The van der Waals surface area contributed by atoms with E-state index in [1.807, 2.05) is 70.2 Å². The number of nitrogens with zero attached hydrogens (tertiary/aromatic N) is 5. The molecule has 2 heterocycles. The van der Waals surface area contributed by atoms with Gasteiger partial charge in [0.2, 0.25) is 0 Å². The van der Waals surface area contributed by atoms with Gasteiger partial charge in [0.25, 0.3) is 0 Å². The van der Waals surface area contributed by atoms with Crippen molar-refractivity contribution in [1.29, 1.82) is 0 Å². The Bertz CT molecular complexity index is 976. The third-order valence-corrected chi connectivity index (χ3v) is 4.61. The van der Waals surface area contributed by atoms with E-state index in [-0.39, 0.29) is 6.04 Å². The molecule has 0 N–H and O–H groups in total. The maximum absolute atomic E-state index is 6.03. The topological polar surface area (TPSA) is 48.5 Å². The average molecular weight is 384 g/mol. The molecule has 0 saturated carbocycles. The molecule has 1 atom stereocenters. The maximum Gasteiger partial charge on any atom is 0.110 e. The van der Waals surface area contributed by atoms with Gasteiger partial charge < -0.3 is 4.57 Å². The van der Waals surface area contributed by atoms with Crippen molar-refractivity contribution in [3.05, 3.63) is 100 Å². The van der Waals surface area contributed by atoms with Crippen LogP contribution in [0.3, 0.4) is 0 Å². The number of hydrogen-bond donors (Lipinski definition) is 0. The fourth-order valence-electron chi connectivity index (χ4n) is 2.86. The summed E-state index contributed by atoms with van der Waals surface area (Å²) in [7, 11) is 0. The van der Waals surface area contributed by atoms with Gasteiger partial charge in [0, 0.05) is 22.4 Å². The second kappa shape index (κ2) is 7.32. The van der Waals surface area contributed by atoms with Crippen molar-refractivity contribution in [2.24, 2.45) is 0 Å². The summed E-state index contributed by atoms with van der Waals surface area (Å²) in [5.41, 5.74) is 3.00. The lowest BCUT2D eigenvalue weighted by Crippen LogP contribution is -2.11. The molecule has 0 bridgehead atoms. The summed E-state index contributed by atoms with van der Waals surface area (Å²) in [4.78, 5) is 4.16. The van der Waals surface area contributed by atoms with Gasteiger partial charge in [0.1, 0.15) is 11.7 Å². The van der Waals surface area contributed by atoms with Crippen LogP contribution in [0.5, 0.6) is 0 Å². The van der Waals surface area contributed by atoms with Crippen LogP contribution in [0.25, 0.3) is 0 Å². The highest BCUT2D eigenvalue weighted by Crippen LogP contribution is 2.26. The van der Waals surface area contributed by atoms with Crippen molar-refractivity contribution in [3.63, 3.8) is 0 Å². The zero-order chi connectivity index (χ0) is 17.9. The van der Waals surface area contributed by atoms with Crippen LogP contribution in [0.2, 0.25) is 10.0 Å². The van der Waals surface area contributed by atoms with Gasteiger partial charge in [-0.25, -0.2) is 9.67 Å². The van der Waals surface area contributed by atoms with Crippen molar-refractivity contribution in [1.82, 2.24) is 24.5 Å². The van der Waals surface area contributed by atoms with Gasteiger partial charge in [-0.15, -0.1) is 5.10 Å². The molecule has 4 rings (SSSR count). The van der Waals surface area contributed by atoms with Crippen molar-refractivity contribution >= 4 is 23.2 Å². The standard InChI is InChI=1S/C19H15Cl2N5/c20-16-5-1-14(2-6-16)11-26-12-18(23-24-26)19(25-10-9-22-13-25)15-3-7-17(21)8-4-15/h1-10,12-13,19H,11H2/t19-/m0/s1. The minimum atomic E-state index is -0.117. The Kier molecular flexibility index (Phi) is 4.73. The van der Waals surface area contributed by atoms with E-state index in [0.29, 0.717) is 11.6 Å². The first-order valence-electron chi connectivity index (χ1n) is 8.06. The summed E-state index contributed by atoms with van der Waals surface area (Å²) in [6.45, 7) is 0.626. The molecule has 5 nitrogen and oxygen atoms in total. The fourth-order valence-corrected chi connectivity index (χ4v) is 3.11. The van der Waals surface area contributed by atoms with E-state index < -0.39 is 0 Å². The number of hydrogen-bond acceptors (Lipinski definition) is 3. The smallest absolute Gasteiger partial charge is 0.110 e. The first-order chi connectivity index (χ1) is 12.7. The third-order valence-electron chi connectivity index (χ3n) is 4.10. The van der Waals surface area contributed by atoms with E-state index in [1.54, 1.807) is 12.5 Å². The van der Waals surface area contributed by atoms with E-state index in [2.05, 4.69) is 15.3 Å². The largest absolute Gasteiger partial charge is 0.324 e. The molecule has 0 amide bonds. The van der Waals surface area contributed by atoms with Gasteiger partial charge in [-0.1, -0.05) is 52.7 Å². The van der Waals surface area contributed by atoms with Gasteiger partial charge in [-0.2, -0.15) is 0 Å². The number of halogens is 2. The van der Waals surface area contributed by atoms with Crippen LogP contribution in [0.15, 0.2) is 73.4 Å². The summed E-state index contributed by atoms with van der Waals surface area (Å²) >= 11 is 12.0. The van der Waals surface area contributed by atoms with Crippen LogP contribution < -0.4 is 0 Å². The molecule has 0 unspecified atom stereocenters. The molecular formula is C19H15Cl2N5. The van der Waals surface area contributed by atoms with Gasteiger partial charge in [0.05, 0.1) is 19.1 Å². The van der Waals surface area contributed by atoms with Crippen molar-refractivity contribution < 1.29 is 0 Å². The molecule has 0 radical (unpaired) electrons. The van der Waals surface area contributed by atoms with E-state index in [4.69, 9.17) is 23.2 Å². The molecule has 2 aromatic carbocycles. The molecule has 0 fully saturated rings. The zero-order valence-corrected chi connectivity index (χ0v) is 15.2. The Morgan fingerprint density at radius 3 is 2.27 bits per heavy atom. The van der Waals surface area contributed by atoms with Gasteiger partial charge in [-0.05, 0) is 35.4 Å². The predicted molar refractivity (Wildman–Crippen MR) is 101 cm³/mol. The monoisotopic (exact) mass is 383 g/mol. The Labute approximate surface area is 160 Å². The van der Waals surface area contributed by atoms with Crippen LogP contribution in [-0.2, 0) is 6.54 Å². The molecule has 0 saturated heterocycles. The molecule has 2 aromatic heterocycles. The SMILES string of the molecule is Clc1ccc(Cn2cc([C@H](c3ccc(Cl)cc3)n3ccnc3)nn2)cc1. The van der Waals surface area contributed by atoms with E-state index in [0.717, 1.165) is 21.8 Å². The fraction of sp³-hybridized carbons (Fsp3) is 0.105. The van der Waals surface area contributed by atoms with E-state index >= 15 is 0 Å². The molecule has 0 spiro atoms. The highest BCUT2D eigenvalue weighted by atomic mass is 35.5. The summed E-state index contributed by atoms with van der Waals surface area (Å²) in [5.74, 6) is 0. The number of rotatable bonds is 5. The third kappa shape index (κ3) is 3.64. The zero-order valence-electron chi connectivity index (χ0n) is 13.7. The summed E-state index contributed by atoms with van der Waals surface area (Å²) in [6, 6.07) is 15.3. The lowest BCUT2D eigenvalue weighted by atomic mass is 10.0. The normalized spacial score (nSPS) is 12.2. The number of aromatic nitrogens is 5. The highest BCUT2D eigenvalue weighted by molar-refractivity contribution is 6.30. The molecule has 0 aliphatic carbocycles. The summed E-state index contributed by atoms with van der Waals surface area (Å²) in [5, 5.41) is 10.1. The lowest BCUT2D eigenvalue weighted by Gasteiger charge is -2.16. The Morgan fingerprint density at radius 1 is 0.923 bits per heavy atom. The molecule has 4 aromatic rings. The Balaban J connectivity index is 1.65. The van der Waals surface area contributed by atoms with Gasteiger partial charge >= 0.3 is 0 Å². The quantitative estimate of drug-likeness (QED) is 0.510. The molecule has 0 aliphatic rings. The number of benzene rings is 2. The summed E-state index contributed by atoms with van der Waals surface area (Å²) in [6.07, 6.45) is 7.39. The molecular weight excluding hydrogens is 369 g/mol. The van der Waals surface area contributed by atoms with Crippen LogP contribution >= 0.6 is 23.2 Å². The van der Waals surface area contributed by atoms with Gasteiger partial charge in [-0.3, -0.25) is 0 Å². The van der Waals surface area contributed by atoms with Crippen LogP contribution in [-0.4, -0.2) is 24.5 Å². The van der Waals surface area contributed by atoms with Crippen molar-refractivity contribution in [3.8, 4) is 0 Å². The minimum absolute atomic E-state index is 0.117. The Hall–Kier alpha value is -2.63. The van der Waals surface area contributed by atoms with Crippen LogP contribution in [0.1, 0.15) is 22.9 Å². The molecule has 26 heavy (non-hydrogen) atoms. The molecule has 0 aliphatic heterocycles. The van der Waals surface area contributed by atoms with E-state index in [9.17, 15) is 0 Å².